The van der Waals surface area contributed by atoms with Crippen molar-refractivity contribution in [2.45, 2.75) is 32.4 Å². The topological polar surface area (TPSA) is 32.3 Å². The van der Waals surface area contributed by atoms with Crippen molar-refractivity contribution in [1.82, 2.24) is 5.32 Å². The molecule has 1 unspecified atom stereocenters. The SMILES string of the molecule is CC(C)NCC(C)(O)c1cscc1Br. The number of aliphatic hydroxyl groups is 1. The predicted octanol–water partition coefficient (Wildman–Crippen LogP) is 2.72. The van der Waals surface area contributed by atoms with Gasteiger partial charge in [-0.1, -0.05) is 13.8 Å². The van der Waals surface area contributed by atoms with Crippen molar-refractivity contribution in [3.8, 4) is 0 Å². The fraction of sp³-hybridized carbons (Fsp3) is 0.600. The van der Waals surface area contributed by atoms with Gasteiger partial charge in [-0.3, -0.25) is 0 Å². The van der Waals surface area contributed by atoms with Gasteiger partial charge in [0.05, 0.1) is 0 Å². The molecule has 0 spiro atoms. The van der Waals surface area contributed by atoms with Crippen molar-refractivity contribution in [3.05, 3.63) is 20.8 Å². The highest BCUT2D eigenvalue weighted by atomic mass is 79.9. The van der Waals surface area contributed by atoms with E-state index in [0.29, 0.717) is 12.6 Å². The largest absolute Gasteiger partial charge is 0.384 e. The summed E-state index contributed by atoms with van der Waals surface area (Å²) >= 11 is 5.02. The Kier molecular flexibility index (Phi) is 4.13. The van der Waals surface area contributed by atoms with Crippen LogP contribution < -0.4 is 5.32 Å². The molecule has 0 aliphatic carbocycles. The lowest BCUT2D eigenvalue weighted by molar-refractivity contribution is 0.0547. The number of halogens is 1. The Bertz CT molecular complexity index is 296. The van der Waals surface area contributed by atoms with Crippen LogP contribution in [-0.4, -0.2) is 17.7 Å². The van der Waals surface area contributed by atoms with Crippen LogP contribution in [0.25, 0.3) is 0 Å². The normalized spacial score (nSPS) is 15.9. The van der Waals surface area contributed by atoms with Crippen LogP contribution in [0.3, 0.4) is 0 Å². The molecule has 2 N–H and O–H groups in total. The van der Waals surface area contributed by atoms with Crippen molar-refractivity contribution in [3.63, 3.8) is 0 Å². The van der Waals surface area contributed by atoms with E-state index >= 15 is 0 Å². The van der Waals surface area contributed by atoms with E-state index < -0.39 is 5.60 Å². The van der Waals surface area contributed by atoms with Crippen LogP contribution in [0.15, 0.2) is 15.2 Å². The maximum absolute atomic E-state index is 10.2. The molecule has 0 aliphatic rings. The molecular formula is C10H16BrNOS. The van der Waals surface area contributed by atoms with Gasteiger partial charge in [0.2, 0.25) is 0 Å². The molecule has 0 saturated carbocycles. The van der Waals surface area contributed by atoms with Gasteiger partial charge in [0.25, 0.3) is 0 Å². The lowest BCUT2D eigenvalue weighted by Crippen LogP contribution is -2.38. The van der Waals surface area contributed by atoms with E-state index in [-0.39, 0.29) is 0 Å². The van der Waals surface area contributed by atoms with E-state index in [1.165, 1.54) is 0 Å². The van der Waals surface area contributed by atoms with Crippen LogP contribution in [0.2, 0.25) is 0 Å². The molecule has 80 valence electrons. The molecule has 0 fully saturated rings. The average molecular weight is 278 g/mol. The maximum Gasteiger partial charge on any atom is 0.101 e. The monoisotopic (exact) mass is 277 g/mol. The fourth-order valence-electron chi connectivity index (χ4n) is 1.16. The van der Waals surface area contributed by atoms with Gasteiger partial charge in [-0.25, -0.2) is 0 Å². The third-order valence-electron chi connectivity index (χ3n) is 2.05. The van der Waals surface area contributed by atoms with Crippen LogP contribution in [0, 0.1) is 0 Å². The molecule has 0 bridgehead atoms. The van der Waals surface area contributed by atoms with Gasteiger partial charge in [-0.2, -0.15) is 11.3 Å². The van der Waals surface area contributed by atoms with E-state index in [4.69, 9.17) is 0 Å². The second-order valence-corrected chi connectivity index (χ2v) is 5.54. The summed E-state index contributed by atoms with van der Waals surface area (Å²) in [6.45, 7) is 6.53. The second kappa shape index (κ2) is 4.75. The van der Waals surface area contributed by atoms with E-state index in [9.17, 15) is 5.11 Å². The quantitative estimate of drug-likeness (QED) is 0.887. The number of thiophene rings is 1. The molecule has 2 nitrogen and oxygen atoms in total. The fourth-order valence-corrected chi connectivity index (χ4v) is 3.01. The second-order valence-electron chi connectivity index (χ2n) is 3.94. The molecule has 0 aliphatic heterocycles. The molecule has 0 saturated heterocycles. The van der Waals surface area contributed by atoms with Gasteiger partial charge in [-0.15, -0.1) is 0 Å². The molecule has 0 amide bonds. The first kappa shape index (κ1) is 12.2. The Hall–Kier alpha value is 0.100. The first-order valence-electron chi connectivity index (χ1n) is 4.61. The van der Waals surface area contributed by atoms with Gasteiger partial charge >= 0.3 is 0 Å². The Labute approximate surface area is 97.5 Å². The Balaban J connectivity index is 2.70. The number of nitrogens with one attached hydrogen (secondary N) is 1. The summed E-state index contributed by atoms with van der Waals surface area (Å²) in [6, 6.07) is 0.388. The molecular weight excluding hydrogens is 262 g/mol. The lowest BCUT2D eigenvalue weighted by atomic mass is 9.99. The predicted molar refractivity (Wildman–Crippen MR) is 64.7 cm³/mol. The van der Waals surface area contributed by atoms with Crippen LogP contribution in [-0.2, 0) is 5.60 Å². The van der Waals surface area contributed by atoms with Crippen LogP contribution in [0.4, 0.5) is 0 Å². The summed E-state index contributed by atoms with van der Waals surface area (Å²) in [6.07, 6.45) is 0. The molecule has 1 aromatic rings. The van der Waals surface area contributed by atoms with Gasteiger partial charge in [0.1, 0.15) is 5.60 Å². The lowest BCUT2D eigenvalue weighted by Gasteiger charge is -2.25. The van der Waals surface area contributed by atoms with E-state index in [1.807, 2.05) is 17.7 Å². The van der Waals surface area contributed by atoms with Gasteiger partial charge < -0.3 is 10.4 Å². The standard InChI is InChI=1S/C10H16BrNOS/c1-7(2)12-6-10(3,13)8-4-14-5-9(8)11/h4-5,7,12-13H,6H2,1-3H3. The Morgan fingerprint density at radius 2 is 2.21 bits per heavy atom. The van der Waals surface area contributed by atoms with Gasteiger partial charge in [0, 0.05) is 28.0 Å². The van der Waals surface area contributed by atoms with Crippen LogP contribution >= 0.6 is 27.3 Å². The molecule has 1 rings (SSSR count). The van der Waals surface area contributed by atoms with Gasteiger partial charge in [0.15, 0.2) is 0 Å². The minimum absolute atomic E-state index is 0.388. The summed E-state index contributed by atoms with van der Waals surface area (Å²) in [5.74, 6) is 0. The van der Waals surface area contributed by atoms with E-state index in [1.54, 1.807) is 11.3 Å². The van der Waals surface area contributed by atoms with Crippen LogP contribution in [0.5, 0.6) is 0 Å². The average Bonchev–Trinajstić information content (AvgIpc) is 2.48. The molecule has 1 atom stereocenters. The number of hydrogen-bond acceptors (Lipinski definition) is 3. The molecule has 0 aromatic carbocycles. The minimum Gasteiger partial charge on any atom is -0.384 e. The third kappa shape index (κ3) is 3.05. The van der Waals surface area contributed by atoms with Crippen molar-refractivity contribution < 1.29 is 5.11 Å². The Morgan fingerprint density at radius 3 is 2.64 bits per heavy atom. The molecule has 1 aromatic heterocycles. The summed E-state index contributed by atoms with van der Waals surface area (Å²) in [7, 11) is 0. The minimum atomic E-state index is -0.802. The summed E-state index contributed by atoms with van der Waals surface area (Å²) in [5, 5.41) is 17.4. The number of rotatable bonds is 4. The molecule has 1 heterocycles. The highest BCUT2D eigenvalue weighted by molar-refractivity contribution is 9.10. The van der Waals surface area contributed by atoms with Crippen LogP contribution in [0.1, 0.15) is 26.3 Å². The zero-order valence-electron chi connectivity index (χ0n) is 8.67. The highest BCUT2D eigenvalue weighted by Gasteiger charge is 2.25. The third-order valence-corrected chi connectivity index (χ3v) is 3.75. The first-order valence-corrected chi connectivity index (χ1v) is 6.35. The summed E-state index contributed by atoms with van der Waals surface area (Å²) in [5.41, 5.74) is 0.152. The zero-order chi connectivity index (χ0) is 10.8. The summed E-state index contributed by atoms with van der Waals surface area (Å²) < 4.78 is 0.984. The van der Waals surface area contributed by atoms with E-state index in [0.717, 1.165) is 10.0 Å². The smallest absolute Gasteiger partial charge is 0.101 e. The molecule has 14 heavy (non-hydrogen) atoms. The highest BCUT2D eigenvalue weighted by Crippen LogP contribution is 2.31. The summed E-state index contributed by atoms with van der Waals surface area (Å²) in [4.78, 5) is 0. The number of hydrogen-bond donors (Lipinski definition) is 2. The first-order chi connectivity index (χ1) is 6.43. The maximum atomic E-state index is 10.2. The van der Waals surface area contributed by atoms with Crippen molar-refractivity contribution in [2.75, 3.05) is 6.54 Å². The van der Waals surface area contributed by atoms with Gasteiger partial charge in [-0.05, 0) is 28.2 Å². The molecule has 4 heteroatoms. The zero-order valence-corrected chi connectivity index (χ0v) is 11.1. The van der Waals surface area contributed by atoms with Crippen molar-refractivity contribution in [2.24, 2.45) is 0 Å². The Morgan fingerprint density at radius 1 is 1.57 bits per heavy atom. The van der Waals surface area contributed by atoms with Crippen molar-refractivity contribution in [1.29, 1.82) is 0 Å². The van der Waals surface area contributed by atoms with E-state index in [2.05, 4.69) is 35.1 Å². The molecule has 0 radical (unpaired) electrons. The van der Waals surface area contributed by atoms with Crippen molar-refractivity contribution >= 4 is 27.3 Å².